The topological polar surface area (TPSA) is 0 Å². The van der Waals surface area contributed by atoms with Gasteiger partial charge in [-0.15, -0.1) is 0 Å². The van der Waals surface area contributed by atoms with E-state index < -0.39 is 0 Å². The third-order valence-electron chi connectivity index (χ3n) is 3.04. The molecule has 1 saturated carbocycles. The molecular weight excluding hydrogens is 132 g/mol. The number of hydrogen-bond acceptors (Lipinski definition) is 0. The molecule has 0 heteroatoms. The minimum atomic E-state index is 0.889. The van der Waals surface area contributed by atoms with Crippen molar-refractivity contribution in [2.75, 3.05) is 0 Å². The predicted molar refractivity (Wildman–Crippen MR) is 50.6 cm³/mol. The Balaban J connectivity index is 2.30. The molecule has 1 rings (SSSR count). The summed E-state index contributed by atoms with van der Waals surface area (Å²) in [5.41, 5.74) is 1.52. The van der Waals surface area contributed by atoms with Gasteiger partial charge in [-0.2, -0.15) is 0 Å². The van der Waals surface area contributed by atoms with Gasteiger partial charge in [0, 0.05) is 0 Å². The molecule has 0 nitrogen and oxygen atoms in total. The van der Waals surface area contributed by atoms with E-state index in [1.807, 2.05) is 0 Å². The fraction of sp³-hybridized carbons (Fsp3) is 0.818. The minimum Gasteiger partial charge on any atom is -0.0996 e. The average molecular weight is 152 g/mol. The fourth-order valence-electron chi connectivity index (χ4n) is 2.10. The van der Waals surface area contributed by atoms with Gasteiger partial charge in [0.05, 0.1) is 0 Å². The lowest BCUT2D eigenvalue weighted by Crippen LogP contribution is -2.26. The smallest absolute Gasteiger partial charge is 0.0178 e. The molecule has 0 aromatic rings. The van der Waals surface area contributed by atoms with E-state index in [4.69, 9.17) is 0 Å². The zero-order valence-corrected chi connectivity index (χ0v) is 7.90. The maximum atomic E-state index is 4.16. The first-order valence-electron chi connectivity index (χ1n) is 4.97. The summed E-state index contributed by atoms with van der Waals surface area (Å²) < 4.78 is 0. The Morgan fingerprint density at radius 3 is 2.45 bits per heavy atom. The molecule has 0 aliphatic heterocycles. The van der Waals surface area contributed by atoms with Gasteiger partial charge >= 0.3 is 0 Å². The molecule has 0 radical (unpaired) electrons. The summed E-state index contributed by atoms with van der Waals surface area (Å²) >= 11 is 0. The lowest BCUT2D eigenvalue weighted by molar-refractivity contribution is 0.203. The predicted octanol–water partition coefficient (Wildman–Crippen LogP) is 3.78. The van der Waals surface area contributed by atoms with Crippen LogP contribution in [0, 0.1) is 11.8 Å². The zero-order chi connectivity index (χ0) is 8.27. The molecule has 0 spiro atoms. The average Bonchev–Trinajstić information content (AvgIpc) is 1.86. The van der Waals surface area contributed by atoms with Gasteiger partial charge < -0.3 is 0 Å². The highest BCUT2D eigenvalue weighted by atomic mass is 14.3. The third kappa shape index (κ3) is 1.85. The van der Waals surface area contributed by atoms with Crippen LogP contribution in [0.4, 0.5) is 0 Å². The van der Waals surface area contributed by atoms with Gasteiger partial charge in [0.2, 0.25) is 0 Å². The van der Waals surface area contributed by atoms with Crippen molar-refractivity contribution in [3.63, 3.8) is 0 Å². The molecule has 1 aliphatic carbocycles. The monoisotopic (exact) mass is 152 g/mol. The highest BCUT2D eigenvalue weighted by Crippen LogP contribution is 2.42. The van der Waals surface area contributed by atoms with Crippen molar-refractivity contribution in [3.05, 3.63) is 12.2 Å². The van der Waals surface area contributed by atoms with Crippen LogP contribution in [0.1, 0.15) is 46.0 Å². The van der Waals surface area contributed by atoms with Crippen molar-refractivity contribution >= 4 is 0 Å². The maximum Gasteiger partial charge on any atom is -0.0178 e. The number of allylic oxidation sites excluding steroid dienone is 1. The first-order valence-corrected chi connectivity index (χ1v) is 4.97. The van der Waals surface area contributed by atoms with Crippen LogP contribution in [0.15, 0.2) is 12.2 Å². The summed E-state index contributed by atoms with van der Waals surface area (Å²) in [6.07, 6.45) is 6.74. The fourth-order valence-corrected chi connectivity index (χ4v) is 2.10. The normalized spacial score (nSPS) is 29.6. The van der Waals surface area contributed by atoms with E-state index in [1.54, 1.807) is 0 Å². The van der Waals surface area contributed by atoms with Crippen LogP contribution < -0.4 is 0 Å². The number of rotatable bonds is 4. The molecule has 0 bridgehead atoms. The molecule has 0 saturated heterocycles. The highest BCUT2D eigenvalue weighted by molar-refractivity contribution is 5.06. The molecule has 0 amide bonds. The quantitative estimate of drug-likeness (QED) is 0.538. The Kier molecular flexibility index (Phi) is 3.16. The van der Waals surface area contributed by atoms with E-state index in [0.29, 0.717) is 0 Å². The molecule has 11 heavy (non-hydrogen) atoms. The Labute approximate surface area is 70.7 Å². The molecule has 64 valence electrons. The van der Waals surface area contributed by atoms with Gasteiger partial charge in [-0.25, -0.2) is 0 Å². The van der Waals surface area contributed by atoms with Crippen molar-refractivity contribution < 1.29 is 0 Å². The molecule has 0 N–H and O–H groups in total. The third-order valence-corrected chi connectivity index (χ3v) is 3.04. The molecule has 0 aromatic carbocycles. The van der Waals surface area contributed by atoms with Crippen molar-refractivity contribution in [2.24, 2.45) is 11.8 Å². The SMILES string of the molecule is C=C(CCC)C1CCC1CC. The van der Waals surface area contributed by atoms with Crippen LogP contribution >= 0.6 is 0 Å². The maximum absolute atomic E-state index is 4.16. The molecule has 2 unspecified atom stereocenters. The molecule has 0 aromatic heterocycles. The van der Waals surface area contributed by atoms with Crippen molar-refractivity contribution in [1.29, 1.82) is 0 Å². The summed E-state index contributed by atoms with van der Waals surface area (Å²) in [6, 6.07) is 0. The standard InChI is InChI=1S/C11H20/c1-4-6-9(3)11-8-7-10(11)5-2/h10-11H,3-8H2,1-2H3. The Morgan fingerprint density at radius 1 is 1.36 bits per heavy atom. The van der Waals surface area contributed by atoms with Crippen molar-refractivity contribution in [1.82, 2.24) is 0 Å². The molecular formula is C11H20. The van der Waals surface area contributed by atoms with E-state index in [1.165, 1.54) is 37.7 Å². The minimum absolute atomic E-state index is 0.889. The lowest BCUT2D eigenvalue weighted by Gasteiger charge is -2.37. The zero-order valence-electron chi connectivity index (χ0n) is 7.90. The van der Waals surface area contributed by atoms with E-state index in [-0.39, 0.29) is 0 Å². The Hall–Kier alpha value is -0.260. The van der Waals surface area contributed by atoms with Crippen LogP contribution in [-0.4, -0.2) is 0 Å². The van der Waals surface area contributed by atoms with Gasteiger partial charge in [-0.05, 0) is 31.1 Å². The van der Waals surface area contributed by atoms with Crippen LogP contribution in [0.2, 0.25) is 0 Å². The van der Waals surface area contributed by atoms with Crippen LogP contribution in [0.5, 0.6) is 0 Å². The Bertz CT molecular complexity index is 133. The van der Waals surface area contributed by atoms with E-state index in [9.17, 15) is 0 Å². The molecule has 2 atom stereocenters. The Morgan fingerprint density at radius 2 is 2.09 bits per heavy atom. The van der Waals surface area contributed by atoms with E-state index >= 15 is 0 Å². The van der Waals surface area contributed by atoms with Gasteiger partial charge in [0.15, 0.2) is 0 Å². The van der Waals surface area contributed by atoms with Crippen LogP contribution in [-0.2, 0) is 0 Å². The van der Waals surface area contributed by atoms with E-state index in [2.05, 4.69) is 20.4 Å². The van der Waals surface area contributed by atoms with Crippen molar-refractivity contribution in [2.45, 2.75) is 46.0 Å². The largest absolute Gasteiger partial charge is 0.0996 e. The second-order valence-electron chi connectivity index (χ2n) is 3.76. The highest BCUT2D eigenvalue weighted by Gasteiger charge is 2.30. The first kappa shape index (κ1) is 8.83. The van der Waals surface area contributed by atoms with E-state index in [0.717, 1.165) is 11.8 Å². The molecule has 1 aliphatic rings. The summed E-state index contributed by atoms with van der Waals surface area (Å²) in [6.45, 7) is 8.71. The van der Waals surface area contributed by atoms with Gasteiger partial charge in [-0.1, -0.05) is 38.8 Å². The molecule has 1 fully saturated rings. The molecule has 0 heterocycles. The van der Waals surface area contributed by atoms with Crippen molar-refractivity contribution in [3.8, 4) is 0 Å². The lowest BCUT2D eigenvalue weighted by atomic mass is 9.68. The summed E-state index contributed by atoms with van der Waals surface area (Å²) in [5, 5.41) is 0. The summed E-state index contributed by atoms with van der Waals surface area (Å²) in [7, 11) is 0. The first-order chi connectivity index (χ1) is 5.29. The summed E-state index contributed by atoms with van der Waals surface area (Å²) in [5.74, 6) is 1.87. The summed E-state index contributed by atoms with van der Waals surface area (Å²) in [4.78, 5) is 0. The van der Waals surface area contributed by atoms with Crippen LogP contribution in [0.25, 0.3) is 0 Å². The van der Waals surface area contributed by atoms with Gasteiger partial charge in [-0.3, -0.25) is 0 Å². The van der Waals surface area contributed by atoms with Crippen LogP contribution in [0.3, 0.4) is 0 Å². The van der Waals surface area contributed by atoms with Gasteiger partial charge in [0.25, 0.3) is 0 Å². The number of hydrogen-bond donors (Lipinski definition) is 0. The van der Waals surface area contributed by atoms with Gasteiger partial charge in [0.1, 0.15) is 0 Å². The second kappa shape index (κ2) is 3.94. The second-order valence-corrected chi connectivity index (χ2v) is 3.76.